The van der Waals surface area contributed by atoms with E-state index in [1.54, 1.807) is 12.0 Å². The number of para-hydroxylation sites is 2. The zero-order chi connectivity index (χ0) is 26.8. The number of amides is 2. The Morgan fingerprint density at radius 1 is 0.947 bits per heavy atom. The maximum atomic E-state index is 14.2. The van der Waals surface area contributed by atoms with Gasteiger partial charge in [0.2, 0.25) is 11.8 Å². The summed E-state index contributed by atoms with van der Waals surface area (Å²) in [7, 11) is 1.61. The number of benzene rings is 3. The van der Waals surface area contributed by atoms with Gasteiger partial charge in [0.25, 0.3) is 0 Å². The van der Waals surface area contributed by atoms with Crippen LogP contribution in [0.3, 0.4) is 0 Å². The Bertz CT molecular complexity index is 1460. The van der Waals surface area contributed by atoms with Gasteiger partial charge >= 0.3 is 0 Å². The highest BCUT2D eigenvalue weighted by Crippen LogP contribution is 2.42. The van der Waals surface area contributed by atoms with Crippen LogP contribution >= 0.6 is 11.6 Å². The molecule has 4 aromatic rings. The third kappa shape index (κ3) is 4.92. The molecule has 0 fully saturated rings. The first kappa shape index (κ1) is 25.6. The van der Waals surface area contributed by atoms with Gasteiger partial charge in [-0.15, -0.1) is 0 Å². The second kappa shape index (κ2) is 10.8. The number of aromatic nitrogens is 1. The molecule has 0 aliphatic carbocycles. The van der Waals surface area contributed by atoms with Crippen molar-refractivity contribution in [2.45, 2.75) is 32.4 Å². The molecule has 1 aliphatic rings. The van der Waals surface area contributed by atoms with Crippen LogP contribution in [0.5, 0.6) is 5.75 Å². The summed E-state index contributed by atoms with van der Waals surface area (Å²) >= 11 is 6.39. The number of fused-ring (bicyclic) bond motifs is 3. The lowest BCUT2D eigenvalue weighted by Crippen LogP contribution is -2.49. The number of methoxy groups -OCH3 is 1. The molecule has 0 spiro atoms. The van der Waals surface area contributed by atoms with Crippen molar-refractivity contribution in [3.63, 3.8) is 0 Å². The summed E-state index contributed by atoms with van der Waals surface area (Å²) in [5.41, 5.74) is 4.44. The van der Waals surface area contributed by atoms with Gasteiger partial charge in [0.05, 0.1) is 30.6 Å². The van der Waals surface area contributed by atoms with E-state index in [0.29, 0.717) is 5.02 Å². The highest BCUT2D eigenvalue weighted by Gasteiger charge is 2.37. The first-order chi connectivity index (χ1) is 18.4. The van der Waals surface area contributed by atoms with Crippen LogP contribution in [0.4, 0.5) is 5.69 Å². The van der Waals surface area contributed by atoms with Crippen LogP contribution in [0.1, 0.15) is 36.7 Å². The molecule has 0 N–H and O–H groups in total. The molecule has 6 nitrogen and oxygen atoms in total. The van der Waals surface area contributed by atoms with Crippen molar-refractivity contribution >= 4 is 29.1 Å². The minimum Gasteiger partial charge on any atom is -0.497 e. The van der Waals surface area contributed by atoms with Gasteiger partial charge in [0, 0.05) is 17.3 Å². The summed E-state index contributed by atoms with van der Waals surface area (Å²) in [5, 5.41) is 0.602. The number of rotatable bonds is 7. The average Bonchev–Trinajstić information content (AvgIpc) is 3.41. The summed E-state index contributed by atoms with van der Waals surface area (Å²) in [6.07, 6.45) is 2.21. The van der Waals surface area contributed by atoms with E-state index < -0.39 is 6.04 Å². The second-order valence-corrected chi connectivity index (χ2v) is 10.1. The highest BCUT2D eigenvalue weighted by atomic mass is 35.5. The minimum atomic E-state index is -0.392. The number of anilines is 1. The molecule has 1 aliphatic heterocycles. The Kier molecular flexibility index (Phi) is 7.25. The largest absolute Gasteiger partial charge is 0.497 e. The van der Waals surface area contributed by atoms with Crippen molar-refractivity contribution in [3.8, 4) is 11.4 Å². The third-order valence-electron chi connectivity index (χ3n) is 6.92. The molecule has 0 saturated carbocycles. The predicted molar refractivity (Wildman–Crippen MR) is 150 cm³/mol. The zero-order valence-electron chi connectivity index (χ0n) is 21.7. The van der Waals surface area contributed by atoms with Gasteiger partial charge in [0.1, 0.15) is 18.3 Å². The molecule has 7 heteroatoms. The van der Waals surface area contributed by atoms with E-state index in [4.69, 9.17) is 16.3 Å². The molecule has 3 aromatic carbocycles. The van der Waals surface area contributed by atoms with Gasteiger partial charge in [-0.05, 0) is 73.5 Å². The fourth-order valence-electron chi connectivity index (χ4n) is 5.05. The molecule has 194 valence electrons. The highest BCUT2D eigenvalue weighted by molar-refractivity contribution is 6.30. The van der Waals surface area contributed by atoms with Crippen molar-refractivity contribution in [1.82, 2.24) is 9.47 Å². The molecule has 2 heterocycles. The van der Waals surface area contributed by atoms with Gasteiger partial charge < -0.3 is 14.2 Å². The second-order valence-electron chi connectivity index (χ2n) is 9.65. The molecule has 38 heavy (non-hydrogen) atoms. The van der Waals surface area contributed by atoms with Crippen LogP contribution < -0.4 is 9.64 Å². The van der Waals surface area contributed by atoms with Gasteiger partial charge in [-0.25, -0.2) is 0 Å². The SMILES string of the molecule is COc1ccc(CC(=O)N(CC(=O)N2c3ccccc3-n3cccc3C2c2cccc(Cl)c2)C(C)C)cc1. The van der Waals surface area contributed by atoms with Gasteiger partial charge in [-0.2, -0.15) is 0 Å². The number of hydrogen-bond acceptors (Lipinski definition) is 3. The normalized spacial score (nSPS) is 14.1. The molecule has 2 amide bonds. The molecule has 5 rings (SSSR count). The van der Waals surface area contributed by atoms with Crippen LogP contribution in [-0.2, 0) is 16.0 Å². The van der Waals surface area contributed by atoms with E-state index in [1.165, 1.54) is 0 Å². The number of carbonyl (C=O) groups excluding carboxylic acids is 2. The molecule has 0 bridgehead atoms. The first-order valence-electron chi connectivity index (χ1n) is 12.6. The number of carbonyl (C=O) groups is 2. The summed E-state index contributed by atoms with van der Waals surface area (Å²) in [6.45, 7) is 3.82. The van der Waals surface area contributed by atoms with Crippen LogP contribution in [0, 0.1) is 0 Å². The summed E-state index contributed by atoms with van der Waals surface area (Å²) in [5.74, 6) is 0.468. The van der Waals surface area contributed by atoms with E-state index in [9.17, 15) is 9.59 Å². The van der Waals surface area contributed by atoms with Crippen LogP contribution in [-0.4, -0.2) is 41.0 Å². The Labute approximate surface area is 228 Å². The molecular weight excluding hydrogens is 498 g/mol. The molecular formula is C31H30ClN3O3. The lowest BCUT2D eigenvalue weighted by molar-refractivity contribution is -0.136. The average molecular weight is 528 g/mol. The molecule has 1 atom stereocenters. The first-order valence-corrected chi connectivity index (χ1v) is 13.0. The van der Waals surface area contributed by atoms with Crippen molar-refractivity contribution in [3.05, 3.63) is 113 Å². The quantitative estimate of drug-likeness (QED) is 0.294. The van der Waals surface area contributed by atoms with Crippen molar-refractivity contribution in [1.29, 1.82) is 0 Å². The molecule has 1 aromatic heterocycles. The Morgan fingerprint density at radius 2 is 1.68 bits per heavy atom. The zero-order valence-corrected chi connectivity index (χ0v) is 22.4. The third-order valence-corrected chi connectivity index (χ3v) is 7.15. The smallest absolute Gasteiger partial charge is 0.247 e. The number of ether oxygens (including phenoxy) is 1. The summed E-state index contributed by atoms with van der Waals surface area (Å²) < 4.78 is 7.34. The monoisotopic (exact) mass is 527 g/mol. The van der Waals surface area contributed by atoms with Gasteiger partial charge in [-0.3, -0.25) is 14.5 Å². The predicted octanol–water partition coefficient (Wildman–Crippen LogP) is 6.06. The maximum absolute atomic E-state index is 14.2. The standard InChI is InChI=1S/C31H30ClN3O3/c1-21(2)34(29(36)18-22-13-15-25(38-3)16-14-22)20-30(37)35-27-11-5-4-10-26(27)33-17-7-12-28(33)31(35)23-8-6-9-24(32)19-23/h4-17,19,21,31H,18,20H2,1-3H3. The van der Waals surface area contributed by atoms with E-state index in [1.807, 2.05) is 110 Å². The maximum Gasteiger partial charge on any atom is 0.247 e. The van der Waals surface area contributed by atoms with Gasteiger partial charge in [-0.1, -0.05) is 48.0 Å². The molecule has 0 saturated heterocycles. The van der Waals surface area contributed by atoms with E-state index in [0.717, 1.165) is 33.9 Å². The van der Waals surface area contributed by atoms with Gasteiger partial charge in [0.15, 0.2) is 0 Å². The molecule has 0 radical (unpaired) electrons. The fraction of sp³-hybridized carbons (Fsp3) is 0.226. The van der Waals surface area contributed by atoms with E-state index >= 15 is 0 Å². The molecule has 1 unspecified atom stereocenters. The fourth-order valence-corrected chi connectivity index (χ4v) is 5.25. The minimum absolute atomic E-state index is 0.0429. The Morgan fingerprint density at radius 3 is 2.37 bits per heavy atom. The summed E-state index contributed by atoms with van der Waals surface area (Å²) in [6, 6.07) is 26.3. The van der Waals surface area contributed by atoms with Crippen molar-refractivity contribution in [2.75, 3.05) is 18.6 Å². The van der Waals surface area contributed by atoms with Crippen LogP contribution in [0.15, 0.2) is 91.1 Å². The number of hydrogen-bond donors (Lipinski definition) is 0. The van der Waals surface area contributed by atoms with Crippen LogP contribution in [0.25, 0.3) is 5.69 Å². The number of halogens is 1. The lowest BCUT2D eigenvalue weighted by atomic mass is 9.97. The van der Waals surface area contributed by atoms with E-state index in [2.05, 4.69) is 4.57 Å². The topological polar surface area (TPSA) is 54.8 Å². The van der Waals surface area contributed by atoms with E-state index in [-0.39, 0.29) is 30.8 Å². The Balaban J connectivity index is 1.49. The number of nitrogens with zero attached hydrogens (tertiary/aromatic N) is 3. The summed E-state index contributed by atoms with van der Waals surface area (Å²) in [4.78, 5) is 31.1. The van der Waals surface area contributed by atoms with Crippen LogP contribution in [0.2, 0.25) is 5.02 Å². The van der Waals surface area contributed by atoms with Crippen molar-refractivity contribution in [2.24, 2.45) is 0 Å². The lowest BCUT2D eigenvalue weighted by Gasteiger charge is -2.40. The van der Waals surface area contributed by atoms with Crippen molar-refractivity contribution < 1.29 is 14.3 Å². The Hall–Kier alpha value is -4.03.